The standard InChI is InChI=1S/C14H10FNO2S2/c15-10-5-7-11(8-6-10)20(17,18)9-14-16-12-3-1-2-4-13(12)19-14/h1-8H,9H2. The highest BCUT2D eigenvalue weighted by atomic mass is 32.2. The number of thiazole rings is 1. The third-order valence-electron chi connectivity index (χ3n) is 2.82. The number of fused-ring (bicyclic) bond motifs is 1. The molecule has 0 N–H and O–H groups in total. The Kier molecular flexibility index (Phi) is 3.27. The van der Waals surface area contributed by atoms with Crippen molar-refractivity contribution in [2.24, 2.45) is 0 Å². The summed E-state index contributed by atoms with van der Waals surface area (Å²) in [7, 11) is -3.50. The lowest BCUT2D eigenvalue weighted by Gasteiger charge is -2.01. The number of benzene rings is 2. The molecule has 20 heavy (non-hydrogen) atoms. The zero-order valence-electron chi connectivity index (χ0n) is 10.3. The van der Waals surface area contributed by atoms with Gasteiger partial charge in [0.1, 0.15) is 16.6 Å². The summed E-state index contributed by atoms with van der Waals surface area (Å²) in [5.41, 5.74) is 0.793. The highest BCUT2D eigenvalue weighted by Crippen LogP contribution is 2.25. The molecule has 102 valence electrons. The third kappa shape index (κ3) is 2.57. The second-order valence-corrected chi connectivity index (χ2v) is 7.39. The Morgan fingerprint density at radius 1 is 1.05 bits per heavy atom. The molecular weight excluding hydrogens is 297 g/mol. The third-order valence-corrected chi connectivity index (χ3v) is 5.69. The Labute approximate surface area is 119 Å². The first-order chi connectivity index (χ1) is 9.54. The second kappa shape index (κ2) is 4.96. The number of nitrogens with zero attached hydrogens (tertiary/aromatic N) is 1. The topological polar surface area (TPSA) is 47.0 Å². The van der Waals surface area contributed by atoms with Gasteiger partial charge in [0.2, 0.25) is 0 Å². The van der Waals surface area contributed by atoms with Crippen LogP contribution in [0.15, 0.2) is 53.4 Å². The van der Waals surface area contributed by atoms with Gasteiger partial charge < -0.3 is 0 Å². The lowest BCUT2D eigenvalue weighted by molar-refractivity contribution is 0.594. The van der Waals surface area contributed by atoms with Gasteiger partial charge in [-0.05, 0) is 36.4 Å². The van der Waals surface area contributed by atoms with Gasteiger partial charge in [-0.1, -0.05) is 12.1 Å². The number of sulfone groups is 1. The van der Waals surface area contributed by atoms with Crippen molar-refractivity contribution < 1.29 is 12.8 Å². The van der Waals surface area contributed by atoms with Crippen molar-refractivity contribution in [1.82, 2.24) is 4.98 Å². The van der Waals surface area contributed by atoms with E-state index in [0.717, 1.165) is 22.3 Å². The molecule has 3 nitrogen and oxygen atoms in total. The van der Waals surface area contributed by atoms with Gasteiger partial charge in [-0.15, -0.1) is 11.3 Å². The number of para-hydroxylation sites is 1. The summed E-state index contributed by atoms with van der Waals surface area (Å²) < 4.78 is 38.3. The number of hydrogen-bond acceptors (Lipinski definition) is 4. The van der Waals surface area contributed by atoms with Crippen LogP contribution in [0.25, 0.3) is 10.2 Å². The van der Waals surface area contributed by atoms with Gasteiger partial charge in [0.15, 0.2) is 9.84 Å². The summed E-state index contributed by atoms with van der Waals surface area (Å²) in [4.78, 5) is 4.42. The van der Waals surface area contributed by atoms with Crippen molar-refractivity contribution in [3.8, 4) is 0 Å². The van der Waals surface area contributed by atoms with Gasteiger partial charge >= 0.3 is 0 Å². The van der Waals surface area contributed by atoms with Gasteiger partial charge in [-0.25, -0.2) is 17.8 Å². The van der Waals surface area contributed by atoms with Crippen molar-refractivity contribution >= 4 is 31.4 Å². The molecule has 0 unspecified atom stereocenters. The van der Waals surface area contributed by atoms with Crippen molar-refractivity contribution in [2.45, 2.75) is 10.6 Å². The van der Waals surface area contributed by atoms with Crippen LogP contribution in [0.5, 0.6) is 0 Å². The van der Waals surface area contributed by atoms with Crippen molar-refractivity contribution in [3.63, 3.8) is 0 Å². The van der Waals surface area contributed by atoms with Gasteiger partial charge in [-0.3, -0.25) is 0 Å². The maximum Gasteiger partial charge on any atom is 0.184 e. The minimum atomic E-state index is -3.50. The summed E-state index contributed by atoms with van der Waals surface area (Å²) >= 11 is 1.36. The first-order valence-electron chi connectivity index (χ1n) is 5.87. The fourth-order valence-corrected chi connectivity index (χ4v) is 4.44. The predicted molar refractivity (Wildman–Crippen MR) is 76.9 cm³/mol. The molecular formula is C14H10FNO2S2. The molecule has 0 amide bonds. The molecule has 0 saturated carbocycles. The second-order valence-electron chi connectivity index (χ2n) is 4.29. The molecule has 0 bridgehead atoms. The highest BCUT2D eigenvalue weighted by molar-refractivity contribution is 7.90. The number of halogens is 1. The number of aromatic nitrogens is 1. The lowest BCUT2D eigenvalue weighted by atomic mass is 10.3. The van der Waals surface area contributed by atoms with E-state index in [4.69, 9.17) is 0 Å². The molecule has 0 radical (unpaired) electrons. The summed E-state index contributed by atoms with van der Waals surface area (Å²) in [5, 5.41) is 0.538. The zero-order valence-corrected chi connectivity index (χ0v) is 11.9. The maximum absolute atomic E-state index is 12.8. The van der Waals surface area contributed by atoms with E-state index in [1.54, 1.807) is 0 Å². The van der Waals surface area contributed by atoms with E-state index in [1.165, 1.54) is 23.5 Å². The van der Waals surface area contributed by atoms with Crippen LogP contribution in [0.4, 0.5) is 4.39 Å². The van der Waals surface area contributed by atoms with E-state index in [2.05, 4.69) is 4.98 Å². The predicted octanol–water partition coefficient (Wildman–Crippen LogP) is 3.41. The average Bonchev–Trinajstić information content (AvgIpc) is 2.80. The molecule has 0 aliphatic heterocycles. The molecule has 1 heterocycles. The number of hydrogen-bond donors (Lipinski definition) is 0. The van der Waals surface area contributed by atoms with Gasteiger partial charge in [0, 0.05) is 0 Å². The largest absolute Gasteiger partial charge is 0.240 e. The molecule has 0 saturated heterocycles. The van der Waals surface area contributed by atoms with Crippen LogP contribution >= 0.6 is 11.3 Å². The summed E-state index contributed by atoms with van der Waals surface area (Å²) in [6.07, 6.45) is 0. The normalized spacial score (nSPS) is 11.8. The summed E-state index contributed by atoms with van der Waals surface area (Å²) in [5.74, 6) is -0.623. The molecule has 1 aromatic heterocycles. The van der Waals surface area contributed by atoms with E-state index in [-0.39, 0.29) is 10.6 Å². The van der Waals surface area contributed by atoms with E-state index < -0.39 is 15.7 Å². The lowest BCUT2D eigenvalue weighted by Crippen LogP contribution is -2.04. The van der Waals surface area contributed by atoms with E-state index in [1.807, 2.05) is 24.3 Å². The van der Waals surface area contributed by atoms with Crippen LogP contribution in [-0.4, -0.2) is 13.4 Å². The molecule has 0 aliphatic rings. The average molecular weight is 307 g/mol. The Balaban J connectivity index is 1.94. The first kappa shape index (κ1) is 13.2. The van der Waals surface area contributed by atoms with Crippen LogP contribution < -0.4 is 0 Å². The summed E-state index contributed by atoms with van der Waals surface area (Å²) in [6.45, 7) is 0. The van der Waals surface area contributed by atoms with Crippen LogP contribution in [0.2, 0.25) is 0 Å². The fourth-order valence-electron chi connectivity index (χ4n) is 1.87. The maximum atomic E-state index is 12.8. The molecule has 0 aliphatic carbocycles. The van der Waals surface area contributed by atoms with E-state index >= 15 is 0 Å². The van der Waals surface area contributed by atoms with Crippen molar-refractivity contribution in [3.05, 3.63) is 59.4 Å². The van der Waals surface area contributed by atoms with E-state index in [9.17, 15) is 12.8 Å². The minimum absolute atomic E-state index is 0.109. The smallest absolute Gasteiger partial charge is 0.184 e. The van der Waals surface area contributed by atoms with Crippen LogP contribution in [0, 0.1) is 5.82 Å². The monoisotopic (exact) mass is 307 g/mol. The minimum Gasteiger partial charge on any atom is -0.240 e. The fraction of sp³-hybridized carbons (Fsp3) is 0.0714. The van der Waals surface area contributed by atoms with Crippen LogP contribution in [-0.2, 0) is 15.6 Å². The molecule has 3 aromatic rings. The molecule has 2 aromatic carbocycles. The van der Waals surface area contributed by atoms with Gasteiger partial charge in [-0.2, -0.15) is 0 Å². The van der Waals surface area contributed by atoms with Crippen molar-refractivity contribution in [2.75, 3.05) is 0 Å². The Morgan fingerprint density at radius 3 is 2.45 bits per heavy atom. The van der Waals surface area contributed by atoms with Crippen LogP contribution in [0.3, 0.4) is 0 Å². The SMILES string of the molecule is O=S(=O)(Cc1nc2ccccc2s1)c1ccc(F)cc1. The summed E-state index contributed by atoms with van der Waals surface area (Å²) in [6, 6.07) is 12.3. The molecule has 6 heteroatoms. The molecule has 0 fully saturated rings. The Bertz CT molecular complexity index is 821. The van der Waals surface area contributed by atoms with Crippen molar-refractivity contribution in [1.29, 1.82) is 0 Å². The molecule has 0 atom stereocenters. The highest BCUT2D eigenvalue weighted by Gasteiger charge is 2.18. The Morgan fingerprint density at radius 2 is 1.75 bits per heavy atom. The quantitative estimate of drug-likeness (QED) is 0.697. The number of rotatable bonds is 3. The van der Waals surface area contributed by atoms with Gasteiger partial charge in [0.25, 0.3) is 0 Å². The van der Waals surface area contributed by atoms with E-state index in [0.29, 0.717) is 5.01 Å². The first-order valence-corrected chi connectivity index (χ1v) is 8.34. The van der Waals surface area contributed by atoms with Crippen LogP contribution in [0.1, 0.15) is 5.01 Å². The Hall–Kier alpha value is -1.79. The molecule has 3 rings (SSSR count). The zero-order chi connectivity index (χ0) is 14.2. The molecule has 0 spiro atoms. The van der Waals surface area contributed by atoms with Gasteiger partial charge in [0.05, 0.1) is 15.1 Å².